The molecule has 4 heterocycles. The molecule has 0 saturated heterocycles. The van der Waals surface area contributed by atoms with Gasteiger partial charge in [-0.3, -0.25) is 4.79 Å². The third-order valence-electron chi connectivity index (χ3n) is 6.60. The number of hydrogen-bond donors (Lipinski definition) is 0. The van der Waals surface area contributed by atoms with E-state index in [4.69, 9.17) is 9.72 Å². The third-order valence-corrected chi connectivity index (χ3v) is 8.44. The molecule has 4 nitrogen and oxygen atoms in total. The molecule has 3 aromatic carbocycles. The fraction of sp³-hybridized carbons (Fsp3) is 0.0667. The normalized spacial score (nSPS) is 16.0. The number of aromatic nitrogens is 2. The molecule has 174 valence electrons. The Hall–Kier alpha value is -4.00. The molecule has 0 unspecified atom stereocenters. The Kier molecular flexibility index (Phi) is 4.91. The van der Waals surface area contributed by atoms with Gasteiger partial charge in [0, 0.05) is 17.1 Å². The molecular formula is C30H20N2O2S2. The van der Waals surface area contributed by atoms with Crippen molar-refractivity contribution in [1.29, 1.82) is 0 Å². The van der Waals surface area contributed by atoms with E-state index >= 15 is 0 Å². The van der Waals surface area contributed by atoms with E-state index in [-0.39, 0.29) is 11.5 Å². The average Bonchev–Trinajstić information content (AvgIpc) is 3.62. The van der Waals surface area contributed by atoms with Crippen LogP contribution in [0.3, 0.4) is 0 Å². The molecule has 0 bridgehead atoms. The van der Waals surface area contributed by atoms with E-state index in [2.05, 4.69) is 48.7 Å². The highest BCUT2D eigenvalue weighted by molar-refractivity contribution is 7.15. The first-order valence-corrected chi connectivity index (χ1v) is 13.4. The standard InChI is InChI=1S/C30H20N2O2S2/c1-18-12-14-19(15-13-18)27-20-7-2-5-10-24(20)34-28(25-11-6-16-35-25)21(27)17-26-29(33)32-23-9-4-3-8-22(23)31-30(32)36-26/h2-17,27H,1H3/b26-17+/t27-/m1/s1. The molecule has 0 N–H and O–H groups in total. The number of benzene rings is 3. The first kappa shape index (κ1) is 21.3. The molecule has 0 amide bonds. The van der Waals surface area contributed by atoms with Gasteiger partial charge in [0.05, 0.1) is 20.4 Å². The van der Waals surface area contributed by atoms with Crippen molar-refractivity contribution in [2.75, 3.05) is 0 Å². The van der Waals surface area contributed by atoms with Crippen LogP contribution in [0.15, 0.2) is 101 Å². The summed E-state index contributed by atoms with van der Waals surface area (Å²) in [6.45, 7) is 2.09. The first-order chi connectivity index (χ1) is 17.7. The van der Waals surface area contributed by atoms with E-state index in [1.165, 1.54) is 16.9 Å². The molecular weight excluding hydrogens is 484 g/mol. The van der Waals surface area contributed by atoms with Crippen LogP contribution >= 0.6 is 22.7 Å². The molecule has 1 aliphatic heterocycles. The van der Waals surface area contributed by atoms with Gasteiger partial charge in [-0.25, -0.2) is 9.38 Å². The van der Waals surface area contributed by atoms with Crippen LogP contribution in [0.25, 0.3) is 27.8 Å². The van der Waals surface area contributed by atoms with E-state index in [0.717, 1.165) is 44.1 Å². The lowest BCUT2D eigenvalue weighted by molar-refractivity contribution is 0.490. The van der Waals surface area contributed by atoms with Gasteiger partial charge in [0.25, 0.3) is 5.56 Å². The van der Waals surface area contributed by atoms with Gasteiger partial charge in [-0.05, 0) is 48.2 Å². The average molecular weight is 505 g/mol. The van der Waals surface area contributed by atoms with Gasteiger partial charge in [0.2, 0.25) is 0 Å². The molecule has 3 aromatic heterocycles. The molecule has 1 atom stereocenters. The number of fused-ring (bicyclic) bond motifs is 4. The minimum atomic E-state index is -0.0711. The van der Waals surface area contributed by atoms with Gasteiger partial charge in [-0.1, -0.05) is 77.6 Å². The third kappa shape index (κ3) is 3.33. The Bertz CT molecular complexity index is 1890. The molecule has 36 heavy (non-hydrogen) atoms. The minimum Gasteiger partial charge on any atom is -0.455 e. The van der Waals surface area contributed by atoms with Crippen molar-refractivity contribution in [3.05, 3.63) is 132 Å². The summed E-state index contributed by atoms with van der Waals surface area (Å²) in [5.74, 6) is 1.57. The number of para-hydroxylation sites is 3. The van der Waals surface area contributed by atoms with Crippen molar-refractivity contribution < 1.29 is 4.74 Å². The summed E-state index contributed by atoms with van der Waals surface area (Å²) in [5, 5.41) is 2.05. The molecule has 0 saturated carbocycles. The van der Waals surface area contributed by atoms with Crippen molar-refractivity contribution in [3.63, 3.8) is 0 Å². The van der Waals surface area contributed by atoms with Crippen molar-refractivity contribution in [2.45, 2.75) is 12.8 Å². The zero-order chi connectivity index (χ0) is 24.2. The van der Waals surface area contributed by atoms with Crippen molar-refractivity contribution >= 4 is 50.5 Å². The lowest BCUT2D eigenvalue weighted by Gasteiger charge is -2.29. The predicted octanol–water partition coefficient (Wildman–Crippen LogP) is 6.41. The molecule has 6 aromatic rings. The Morgan fingerprint density at radius 1 is 0.944 bits per heavy atom. The summed E-state index contributed by atoms with van der Waals surface area (Å²) in [6.07, 6.45) is 2.02. The summed E-state index contributed by atoms with van der Waals surface area (Å²) >= 11 is 3.06. The van der Waals surface area contributed by atoms with Gasteiger partial charge in [-0.2, -0.15) is 0 Å². The topological polar surface area (TPSA) is 43.6 Å². The lowest BCUT2D eigenvalue weighted by atomic mass is 9.81. The van der Waals surface area contributed by atoms with Crippen molar-refractivity contribution in [3.8, 4) is 5.75 Å². The van der Waals surface area contributed by atoms with E-state index < -0.39 is 0 Å². The Morgan fingerprint density at radius 3 is 2.58 bits per heavy atom. The van der Waals surface area contributed by atoms with Crippen LogP contribution in [0.4, 0.5) is 0 Å². The van der Waals surface area contributed by atoms with E-state index in [1.807, 2.05) is 54.6 Å². The number of allylic oxidation sites excluding steroid dienone is 1. The molecule has 7 rings (SSSR count). The van der Waals surface area contributed by atoms with Gasteiger partial charge in [0.15, 0.2) is 4.96 Å². The van der Waals surface area contributed by atoms with Crippen molar-refractivity contribution in [1.82, 2.24) is 9.38 Å². The maximum Gasteiger partial charge on any atom is 0.274 e. The van der Waals surface area contributed by atoms with Crippen LogP contribution in [0.5, 0.6) is 5.75 Å². The van der Waals surface area contributed by atoms with Gasteiger partial charge >= 0.3 is 0 Å². The highest BCUT2D eigenvalue weighted by Gasteiger charge is 2.31. The second-order valence-corrected chi connectivity index (χ2v) is 10.8. The number of thiophene rings is 1. The Labute approximate surface area is 215 Å². The van der Waals surface area contributed by atoms with Crippen LogP contribution in [0.2, 0.25) is 0 Å². The number of hydrogen-bond acceptors (Lipinski definition) is 5. The lowest BCUT2D eigenvalue weighted by Crippen LogP contribution is -2.24. The fourth-order valence-corrected chi connectivity index (χ4v) is 6.61. The summed E-state index contributed by atoms with van der Waals surface area (Å²) in [5.41, 5.74) is 6.05. The van der Waals surface area contributed by atoms with Crippen LogP contribution in [-0.2, 0) is 0 Å². The zero-order valence-electron chi connectivity index (χ0n) is 19.3. The first-order valence-electron chi connectivity index (χ1n) is 11.7. The Balaban J connectivity index is 1.54. The maximum atomic E-state index is 13.6. The minimum absolute atomic E-state index is 0.0526. The summed E-state index contributed by atoms with van der Waals surface area (Å²) in [7, 11) is 0. The van der Waals surface area contributed by atoms with Crippen LogP contribution in [0, 0.1) is 6.92 Å². The smallest absolute Gasteiger partial charge is 0.274 e. The maximum absolute atomic E-state index is 13.6. The number of aryl methyl sites for hydroxylation is 1. The van der Waals surface area contributed by atoms with E-state index in [0.29, 0.717) is 9.49 Å². The highest BCUT2D eigenvalue weighted by Crippen LogP contribution is 2.47. The van der Waals surface area contributed by atoms with Gasteiger partial charge in [-0.15, -0.1) is 11.3 Å². The number of nitrogens with zero attached hydrogens (tertiary/aromatic N) is 2. The number of rotatable bonds is 3. The molecule has 0 aliphatic carbocycles. The second-order valence-electron chi connectivity index (χ2n) is 8.88. The number of imidazole rings is 1. The number of ether oxygens (including phenoxy) is 1. The molecule has 0 radical (unpaired) electrons. The quantitative estimate of drug-likeness (QED) is 0.280. The SMILES string of the molecule is Cc1ccc([C@H]2C(/C=c3/sc4nc5ccccc5n4c3=O)=C(c3cccs3)Oc3ccccc32)cc1. The summed E-state index contributed by atoms with van der Waals surface area (Å²) < 4.78 is 8.90. The van der Waals surface area contributed by atoms with Gasteiger partial charge < -0.3 is 4.74 Å². The summed E-state index contributed by atoms with van der Waals surface area (Å²) in [6, 6.07) is 28.7. The molecule has 0 spiro atoms. The zero-order valence-corrected chi connectivity index (χ0v) is 21.0. The number of thiazole rings is 1. The second kappa shape index (κ2) is 8.29. The van der Waals surface area contributed by atoms with Crippen LogP contribution < -0.4 is 14.8 Å². The molecule has 1 aliphatic rings. The monoisotopic (exact) mass is 504 g/mol. The van der Waals surface area contributed by atoms with E-state index in [1.54, 1.807) is 15.7 Å². The molecule has 6 heteroatoms. The van der Waals surface area contributed by atoms with Crippen LogP contribution in [0.1, 0.15) is 27.5 Å². The largest absolute Gasteiger partial charge is 0.455 e. The predicted molar refractivity (Wildman–Crippen MR) is 148 cm³/mol. The highest BCUT2D eigenvalue weighted by atomic mass is 32.1. The Morgan fingerprint density at radius 2 is 1.75 bits per heavy atom. The van der Waals surface area contributed by atoms with Crippen molar-refractivity contribution in [2.24, 2.45) is 0 Å². The molecule has 0 fully saturated rings. The fourth-order valence-electron chi connectivity index (χ4n) is 4.90. The van der Waals surface area contributed by atoms with Crippen LogP contribution in [-0.4, -0.2) is 9.38 Å². The van der Waals surface area contributed by atoms with Gasteiger partial charge in [0.1, 0.15) is 11.5 Å². The summed E-state index contributed by atoms with van der Waals surface area (Å²) in [4.78, 5) is 20.1. The van der Waals surface area contributed by atoms with E-state index in [9.17, 15) is 4.79 Å².